The van der Waals surface area contributed by atoms with Crippen molar-refractivity contribution < 1.29 is 0 Å². The third-order valence-corrected chi connectivity index (χ3v) is 2.60. The molecule has 0 amide bonds. The standard InChI is InChI=1S/C13H12N2/c1-10-8-12(2-3-13(10)9-14)11-4-6-15-7-5-11/h2-4,7-8H,5-6H2,1H3. The molecule has 74 valence electrons. The normalized spacial score (nSPS) is 14.5. The molecule has 1 heterocycles. The first-order valence-corrected chi connectivity index (χ1v) is 4.99. The van der Waals surface area contributed by atoms with Gasteiger partial charge in [0.1, 0.15) is 0 Å². The minimum Gasteiger partial charge on any atom is -0.293 e. The van der Waals surface area contributed by atoms with Gasteiger partial charge in [-0.3, -0.25) is 4.99 Å². The summed E-state index contributed by atoms with van der Waals surface area (Å²) in [4.78, 5) is 4.16. The third-order valence-electron chi connectivity index (χ3n) is 2.60. The van der Waals surface area contributed by atoms with Gasteiger partial charge in [-0.05, 0) is 29.7 Å². The molecule has 1 aromatic rings. The second-order valence-electron chi connectivity index (χ2n) is 3.62. The number of rotatable bonds is 1. The van der Waals surface area contributed by atoms with E-state index in [2.05, 4.69) is 23.2 Å². The number of allylic oxidation sites excluding steroid dienone is 1. The number of nitrogens with zero attached hydrogens (tertiary/aromatic N) is 2. The third kappa shape index (κ3) is 1.97. The molecule has 1 aliphatic heterocycles. The number of benzene rings is 1. The van der Waals surface area contributed by atoms with Gasteiger partial charge in [-0.1, -0.05) is 18.2 Å². The van der Waals surface area contributed by atoms with Crippen molar-refractivity contribution in [2.45, 2.75) is 13.3 Å². The maximum Gasteiger partial charge on any atom is 0.0994 e. The van der Waals surface area contributed by atoms with Gasteiger partial charge in [0.15, 0.2) is 0 Å². The largest absolute Gasteiger partial charge is 0.293 e. The van der Waals surface area contributed by atoms with Gasteiger partial charge in [-0.25, -0.2) is 0 Å². The van der Waals surface area contributed by atoms with E-state index >= 15 is 0 Å². The van der Waals surface area contributed by atoms with Crippen LogP contribution in [0.1, 0.15) is 23.1 Å². The molecule has 2 nitrogen and oxygen atoms in total. The van der Waals surface area contributed by atoms with Gasteiger partial charge in [0, 0.05) is 12.6 Å². The van der Waals surface area contributed by atoms with Gasteiger partial charge >= 0.3 is 0 Å². The topological polar surface area (TPSA) is 36.1 Å². The Kier molecular flexibility index (Phi) is 2.64. The van der Waals surface area contributed by atoms with Crippen LogP contribution in [0.2, 0.25) is 0 Å². The molecular weight excluding hydrogens is 184 g/mol. The Morgan fingerprint density at radius 2 is 2.27 bits per heavy atom. The molecule has 0 aromatic heterocycles. The second-order valence-corrected chi connectivity index (χ2v) is 3.62. The van der Waals surface area contributed by atoms with E-state index in [-0.39, 0.29) is 0 Å². The zero-order valence-corrected chi connectivity index (χ0v) is 8.70. The van der Waals surface area contributed by atoms with E-state index in [1.54, 1.807) is 0 Å². The fraction of sp³-hybridized carbons (Fsp3) is 0.231. The van der Waals surface area contributed by atoms with Crippen molar-refractivity contribution in [2.24, 2.45) is 4.99 Å². The second kappa shape index (κ2) is 4.10. The summed E-state index contributed by atoms with van der Waals surface area (Å²) in [6, 6.07) is 8.15. The lowest BCUT2D eigenvalue weighted by Gasteiger charge is -2.09. The summed E-state index contributed by atoms with van der Waals surface area (Å²) in [5.41, 5.74) is 4.30. The van der Waals surface area contributed by atoms with Crippen LogP contribution in [0.25, 0.3) is 5.57 Å². The maximum atomic E-state index is 8.83. The van der Waals surface area contributed by atoms with E-state index in [0.717, 1.165) is 24.1 Å². The zero-order valence-electron chi connectivity index (χ0n) is 8.70. The Labute approximate surface area is 89.6 Å². The molecule has 0 radical (unpaired) electrons. The van der Waals surface area contributed by atoms with Crippen molar-refractivity contribution in [3.05, 3.63) is 41.0 Å². The van der Waals surface area contributed by atoms with Crippen LogP contribution in [0, 0.1) is 18.3 Å². The van der Waals surface area contributed by atoms with Crippen LogP contribution in [0.4, 0.5) is 0 Å². The summed E-state index contributed by atoms with van der Waals surface area (Å²) in [6.07, 6.45) is 4.98. The molecule has 1 aromatic carbocycles. The number of nitriles is 1. The van der Waals surface area contributed by atoms with Crippen molar-refractivity contribution in [1.82, 2.24) is 0 Å². The molecule has 0 atom stereocenters. The van der Waals surface area contributed by atoms with E-state index in [1.807, 2.05) is 25.3 Å². The molecule has 15 heavy (non-hydrogen) atoms. The lowest BCUT2D eigenvalue weighted by molar-refractivity contribution is 1.20. The average molecular weight is 196 g/mol. The first kappa shape index (κ1) is 9.67. The lowest BCUT2D eigenvalue weighted by atomic mass is 9.97. The van der Waals surface area contributed by atoms with Gasteiger partial charge in [-0.15, -0.1) is 0 Å². The minimum atomic E-state index is 0.754. The first-order chi connectivity index (χ1) is 7.31. The molecule has 0 aliphatic carbocycles. The number of hydrogen-bond donors (Lipinski definition) is 0. The van der Waals surface area contributed by atoms with Crippen LogP contribution in [0.5, 0.6) is 0 Å². The molecule has 1 aliphatic rings. The van der Waals surface area contributed by atoms with Crippen molar-refractivity contribution in [2.75, 3.05) is 6.54 Å². The minimum absolute atomic E-state index is 0.754. The van der Waals surface area contributed by atoms with Crippen molar-refractivity contribution in [1.29, 1.82) is 5.26 Å². The monoisotopic (exact) mass is 196 g/mol. The van der Waals surface area contributed by atoms with Crippen LogP contribution in [-0.2, 0) is 0 Å². The van der Waals surface area contributed by atoms with Crippen LogP contribution in [0.15, 0.2) is 29.3 Å². The van der Waals surface area contributed by atoms with Crippen molar-refractivity contribution >= 4 is 11.8 Å². The fourth-order valence-corrected chi connectivity index (χ4v) is 1.71. The Morgan fingerprint density at radius 3 is 2.87 bits per heavy atom. The van der Waals surface area contributed by atoms with E-state index in [4.69, 9.17) is 5.26 Å². The summed E-state index contributed by atoms with van der Waals surface area (Å²) < 4.78 is 0. The van der Waals surface area contributed by atoms with E-state index < -0.39 is 0 Å². The molecule has 0 saturated heterocycles. The molecule has 0 N–H and O–H groups in total. The fourth-order valence-electron chi connectivity index (χ4n) is 1.71. The average Bonchev–Trinajstić information content (AvgIpc) is 2.30. The molecule has 0 bridgehead atoms. The highest BCUT2D eigenvalue weighted by atomic mass is 14.7. The Morgan fingerprint density at radius 1 is 1.40 bits per heavy atom. The van der Waals surface area contributed by atoms with Gasteiger partial charge < -0.3 is 0 Å². The summed E-state index contributed by atoms with van der Waals surface area (Å²) in [5.74, 6) is 0. The van der Waals surface area contributed by atoms with Crippen molar-refractivity contribution in [3.63, 3.8) is 0 Å². The van der Waals surface area contributed by atoms with Crippen molar-refractivity contribution in [3.8, 4) is 6.07 Å². The number of aryl methyl sites for hydroxylation is 1. The number of hydrogen-bond acceptors (Lipinski definition) is 2. The molecule has 0 fully saturated rings. The predicted octanol–water partition coefficient (Wildman–Crippen LogP) is 2.72. The SMILES string of the molecule is Cc1cc(C2=CCN=CC2)ccc1C#N. The van der Waals surface area contributed by atoms with Gasteiger partial charge in [0.05, 0.1) is 18.2 Å². The van der Waals surface area contributed by atoms with Gasteiger partial charge in [-0.2, -0.15) is 5.26 Å². The molecule has 0 unspecified atom stereocenters. The first-order valence-electron chi connectivity index (χ1n) is 4.99. The number of aliphatic imine (C=N–C) groups is 1. The van der Waals surface area contributed by atoms with Crippen LogP contribution in [-0.4, -0.2) is 12.8 Å². The molecule has 2 heteroatoms. The molecular formula is C13H12N2. The molecule has 2 rings (SSSR count). The quantitative estimate of drug-likeness (QED) is 0.680. The highest BCUT2D eigenvalue weighted by Gasteiger charge is 2.05. The van der Waals surface area contributed by atoms with Gasteiger partial charge in [0.25, 0.3) is 0 Å². The lowest BCUT2D eigenvalue weighted by Crippen LogP contribution is -1.95. The summed E-state index contributed by atoms with van der Waals surface area (Å²) in [7, 11) is 0. The smallest absolute Gasteiger partial charge is 0.0994 e. The highest BCUT2D eigenvalue weighted by molar-refractivity contribution is 5.81. The van der Waals surface area contributed by atoms with Crippen LogP contribution < -0.4 is 0 Å². The van der Waals surface area contributed by atoms with Crippen LogP contribution in [0.3, 0.4) is 0 Å². The summed E-state index contributed by atoms with van der Waals surface area (Å²) in [5, 5.41) is 8.83. The van der Waals surface area contributed by atoms with E-state index in [9.17, 15) is 0 Å². The maximum absolute atomic E-state index is 8.83. The summed E-state index contributed by atoms with van der Waals surface area (Å²) in [6.45, 7) is 2.74. The Balaban J connectivity index is 2.35. The predicted molar refractivity (Wildman–Crippen MR) is 61.8 cm³/mol. The Hall–Kier alpha value is -1.88. The van der Waals surface area contributed by atoms with E-state index in [0.29, 0.717) is 0 Å². The van der Waals surface area contributed by atoms with Gasteiger partial charge in [0.2, 0.25) is 0 Å². The van der Waals surface area contributed by atoms with Crippen LogP contribution >= 0.6 is 0 Å². The van der Waals surface area contributed by atoms with E-state index in [1.165, 1.54) is 11.1 Å². The summed E-state index contributed by atoms with van der Waals surface area (Å²) >= 11 is 0. The Bertz CT molecular complexity index is 476. The molecule has 0 spiro atoms. The molecule has 0 saturated carbocycles. The zero-order chi connectivity index (χ0) is 10.7. The number of dihydropyridines is 1. The highest BCUT2D eigenvalue weighted by Crippen LogP contribution is 2.21.